The number of rotatable bonds is 3. The van der Waals surface area contributed by atoms with Gasteiger partial charge in [-0.25, -0.2) is 4.39 Å². The van der Waals surface area contributed by atoms with Gasteiger partial charge in [0.15, 0.2) is 0 Å². The van der Waals surface area contributed by atoms with Crippen LogP contribution < -0.4 is 10.6 Å². The van der Waals surface area contributed by atoms with Gasteiger partial charge in [-0.3, -0.25) is 4.79 Å². The smallest absolute Gasteiger partial charge is 0.221 e. The highest BCUT2D eigenvalue weighted by molar-refractivity contribution is 5.78. The molecule has 1 heterocycles. The number of halogens is 1. The second-order valence-electron chi connectivity index (χ2n) is 4.30. The lowest BCUT2D eigenvalue weighted by atomic mass is 10.1. The fourth-order valence-electron chi connectivity index (χ4n) is 2.05. The van der Waals surface area contributed by atoms with Crippen molar-refractivity contribution in [3.8, 4) is 5.75 Å². The molecule has 0 bridgehead atoms. The number of carbonyl (C=O) groups is 1. The molecule has 1 aliphatic heterocycles. The molecule has 1 saturated heterocycles. The van der Waals surface area contributed by atoms with Crippen LogP contribution in [0.15, 0.2) is 18.2 Å². The number of carbonyl (C=O) groups excluding carboxylic acids is 1. The molecule has 2 atom stereocenters. The molecule has 92 valence electrons. The minimum Gasteiger partial charge on any atom is -0.508 e. The summed E-state index contributed by atoms with van der Waals surface area (Å²) in [5.74, 6) is -0.503. The van der Waals surface area contributed by atoms with Crippen molar-refractivity contribution in [1.29, 1.82) is 0 Å². The highest BCUT2D eigenvalue weighted by atomic mass is 19.1. The molecule has 1 aromatic carbocycles. The molecule has 5 heteroatoms. The summed E-state index contributed by atoms with van der Waals surface area (Å²) in [6.45, 7) is 2.46. The van der Waals surface area contributed by atoms with Crippen LogP contribution in [-0.4, -0.2) is 23.6 Å². The summed E-state index contributed by atoms with van der Waals surface area (Å²) < 4.78 is 12.8. The predicted molar refractivity (Wildman–Crippen MR) is 61.0 cm³/mol. The van der Waals surface area contributed by atoms with E-state index in [1.807, 2.05) is 6.92 Å². The van der Waals surface area contributed by atoms with Crippen molar-refractivity contribution in [2.75, 3.05) is 6.54 Å². The number of hydrogen-bond donors (Lipinski definition) is 3. The largest absolute Gasteiger partial charge is 0.508 e. The van der Waals surface area contributed by atoms with Crippen molar-refractivity contribution in [2.24, 2.45) is 0 Å². The maximum absolute atomic E-state index is 12.8. The van der Waals surface area contributed by atoms with Crippen LogP contribution in [0.25, 0.3) is 0 Å². The van der Waals surface area contributed by atoms with Gasteiger partial charge in [-0.05, 0) is 13.0 Å². The van der Waals surface area contributed by atoms with E-state index in [-0.39, 0.29) is 23.7 Å². The summed E-state index contributed by atoms with van der Waals surface area (Å²) in [4.78, 5) is 11.0. The van der Waals surface area contributed by atoms with Gasteiger partial charge >= 0.3 is 0 Å². The highest BCUT2D eigenvalue weighted by Crippen LogP contribution is 2.25. The van der Waals surface area contributed by atoms with Crippen LogP contribution in [0.3, 0.4) is 0 Å². The molecule has 4 nitrogen and oxygen atoms in total. The number of phenolic OH excluding ortho intramolecular Hbond substituents is 1. The topological polar surface area (TPSA) is 61.4 Å². The third-order valence-electron chi connectivity index (χ3n) is 2.92. The molecule has 3 N–H and O–H groups in total. The van der Waals surface area contributed by atoms with Gasteiger partial charge in [-0.2, -0.15) is 0 Å². The van der Waals surface area contributed by atoms with E-state index in [2.05, 4.69) is 10.6 Å². The summed E-state index contributed by atoms with van der Waals surface area (Å²) >= 11 is 0. The van der Waals surface area contributed by atoms with Crippen molar-refractivity contribution in [3.05, 3.63) is 29.6 Å². The Bertz CT molecular complexity index is 437. The lowest BCUT2D eigenvalue weighted by Gasteiger charge is -2.19. The maximum atomic E-state index is 12.8. The highest BCUT2D eigenvalue weighted by Gasteiger charge is 2.23. The van der Waals surface area contributed by atoms with Crippen molar-refractivity contribution in [3.63, 3.8) is 0 Å². The van der Waals surface area contributed by atoms with Crippen LogP contribution in [0.5, 0.6) is 5.75 Å². The van der Waals surface area contributed by atoms with E-state index in [1.165, 1.54) is 6.07 Å². The van der Waals surface area contributed by atoms with Crippen LogP contribution >= 0.6 is 0 Å². The number of phenols is 1. The molecule has 1 aliphatic rings. The zero-order valence-electron chi connectivity index (χ0n) is 9.53. The van der Waals surface area contributed by atoms with E-state index in [9.17, 15) is 14.3 Å². The number of aromatic hydroxyl groups is 1. The van der Waals surface area contributed by atoms with Gasteiger partial charge < -0.3 is 15.7 Å². The Morgan fingerprint density at radius 1 is 1.59 bits per heavy atom. The third kappa shape index (κ3) is 2.74. The molecule has 0 spiro atoms. The van der Waals surface area contributed by atoms with E-state index < -0.39 is 5.82 Å². The zero-order chi connectivity index (χ0) is 12.4. The molecular weight excluding hydrogens is 223 g/mol. The van der Waals surface area contributed by atoms with Gasteiger partial charge in [0.05, 0.1) is 0 Å². The predicted octanol–water partition coefficient (Wildman–Crippen LogP) is 1.07. The van der Waals surface area contributed by atoms with E-state index in [1.54, 1.807) is 6.07 Å². The maximum Gasteiger partial charge on any atom is 0.221 e. The first-order valence-corrected chi connectivity index (χ1v) is 5.57. The van der Waals surface area contributed by atoms with E-state index in [4.69, 9.17) is 0 Å². The normalized spacial score (nSPS) is 21.3. The molecule has 1 amide bonds. The quantitative estimate of drug-likeness (QED) is 0.738. The molecular formula is C12H15FN2O2. The summed E-state index contributed by atoms with van der Waals surface area (Å²) in [6.07, 6.45) is 0.437. The van der Waals surface area contributed by atoms with Crippen LogP contribution in [0.4, 0.5) is 4.39 Å². The van der Waals surface area contributed by atoms with Gasteiger partial charge in [0.2, 0.25) is 5.91 Å². The standard InChI is InChI=1S/C12H15FN2O2/c1-7(15-9-5-12(17)14-6-9)10-3-2-8(13)4-11(10)16/h2-4,7,9,15-16H,5-6H2,1H3,(H,14,17). The molecule has 17 heavy (non-hydrogen) atoms. The molecule has 0 aliphatic carbocycles. The zero-order valence-corrected chi connectivity index (χ0v) is 9.53. The number of nitrogens with one attached hydrogen (secondary N) is 2. The van der Waals surface area contributed by atoms with Crippen LogP contribution in [0, 0.1) is 5.82 Å². The fraction of sp³-hybridized carbons (Fsp3) is 0.417. The third-order valence-corrected chi connectivity index (χ3v) is 2.92. The van der Waals surface area contributed by atoms with Crippen molar-refractivity contribution >= 4 is 5.91 Å². The second-order valence-corrected chi connectivity index (χ2v) is 4.30. The Hall–Kier alpha value is -1.62. The molecule has 2 unspecified atom stereocenters. The summed E-state index contributed by atoms with van der Waals surface area (Å²) in [5.41, 5.74) is 0.630. The SMILES string of the molecule is CC(NC1CNC(=O)C1)c1ccc(F)cc1O. The molecule has 0 aromatic heterocycles. The Balaban J connectivity index is 2.04. The van der Waals surface area contributed by atoms with Crippen molar-refractivity contribution in [1.82, 2.24) is 10.6 Å². The molecule has 0 radical (unpaired) electrons. The minimum absolute atomic E-state index is 0.0260. The molecule has 2 rings (SSSR count). The van der Waals surface area contributed by atoms with E-state index in [0.717, 1.165) is 6.07 Å². The Morgan fingerprint density at radius 3 is 2.94 bits per heavy atom. The first-order chi connectivity index (χ1) is 8.06. The summed E-state index contributed by atoms with van der Waals surface area (Å²) in [6, 6.07) is 3.87. The van der Waals surface area contributed by atoms with Crippen LogP contribution in [-0.2, 0) is 4.79 Å². The van der Waals surface area contributed by atoms with E-state index in [0.29, 0.717) is 18.5 Å². The van der Waals surface area contributed by atoms with E-state index >= 15 is 0 Å². The number of benzene rings is 1. The van der Waals surface area contributed by atoms with Crippen LogP contribution in [0.2, 0.25) is 0 Å². The monoisotopic (exact) mass is 238 g/mol. The number of hydrogen-bond acceptors (Lipinski definition) is 3. The Morgan fingerprint density at radius 2 is 2.35 bits per heavy atom. The van der Waals surface area contributed by atoms with Gasteiger partial charge in [0.1, 0.15) is 11.6 Å². The summed E-state index contributed by atoms with van der Waals surface area (Å²) in [5, 5.41) is 15.6. The van der Waals surface area contributed by atoms with Gasteiger partial charge in [0.25, 0.3) is 0 Å². The lowest BCUT2D eigenvalue weighted by molar-refractivity contribution is -0.119. The average molecular weight is 238 g/mol. The van der Waals surface area contributed by atoms with Gasteiger partial charge in [0, 0.05) is 36.7 Å². The Labute approximate surface area is 98.8 Å². The first-order valence-electron chi connectivity index (χ1n) is 5.57. The fourth-order valence-corrected chi connectivity index (χ4v) is 2.05. The van der Waals surface area contributed by atoms with Gasteiger partial charge in [-0.15, -0.1) is 0 Å². The van der Waals surface area contributed by atoms with Crippen LogP contribution in [0.1, 0.15) is 24.9 Å². The van der Waals surface area contributed by atoms with Gasteiger partial charge in [-0.1, -0.05) is 6.07 Å². The van der Waals surface area contributed by atoms with Crippen molar-refractivity contribution in [2.45, 2.75) is 25.4 Å². The minimum atomic E-state index is -0.462. The summed E-state index contributed by atoms with van der Waals surface area (Å²) in [7, 11) is 0. The second kappa shape index (κ2) is 4.71. The lowest BCUT2D eigenvalue weighted by Crippen LogP contribution is -2.33. The Kier molecular flexibility index (Phi) is 3.28. The molecule has 0 saturated carbocycles. The number of amides is 1. The van der Waals surface area contributed by atoms with Crippen molar-refractivity contribution < 1.29 is 14.3 Å². The average Bonchev–Trinajstić information content (AvgIpc) is 2.63. The first kappa shape index (κ1) is 11.9. The molecule has 1 aromatic rings. The molecule has 1 fully saturated rings.